The van der Waals surface area contributed by atoms with Crippen molar-refractivity contribution >= 4 is 23.0 Å². The van der Waals surface area contributed by atoms with Gasteiger partial charge in [0.2, 0.25) is 11.8 Å². The Kier molecular flexibility index (Phi) is 5.48. The second-order valence-electron chi connectivity index (χ2n) is 7.49. The quantitative estimate of drug-likeness (QED) is 0.181. The van der Waals surface area contributed by atoms with Crippen molar-refractivity contribution in [2.24, 2.45) is 5.73 Å². The molecule has 0 saturated carbocycles. The van der Waals surface area contributed by atoms with Crippen LogP contribution in [0.3, 0.4) is 0 Å². The summed E-state index contributed by atoms with van der Waals surface area (Å²) in [5.41, 5.74) is 8.23. The van der Waals surface area contributed by atoms with Crippen LogP contribution in [0.25, 0.3) is 11.3 Å². The molecule has 0 saturated heterocycles. The molecular weight excluding hydrogens is 470 g/mol. The number of nitrogens with two attached hydrogens (primary N) is 1. The first kappa shape index (κ1) is 21.9. The molecule has 5 rings (SSSR count). The topological polar surface area (TPSA) is 157 Å². The van der Waals surface area contributed by atoms with Gasteiger partial charge in [-0.1, -0.05) is 30.3 Å². The summed E-state index contributed by atoms with van der Waals surface area (Å²) in [5.74, 6) is -0.720. The molecule has 11 heteroatoms. The minimum Gasteiger partial charge on any atom is -0.422 e. The average molecular weight is 485 g/mol. The second-order valence-corrected chi connectivity index (χ2v) is 8.43. The zero-order valence-corrected chi connectivity index (χ0v) is 18.6. The number of nitriles is 1. The Balaban J connectivity index is 1.55. The molecule has 0 spiro atoms. The van der Waals surface area contributed by atoms with Crippen LogP contribution >= 0.6 is 11.3 Å². The number of aromatic nitrogens is 2. The molecule has 1 unspecified atom stereocenters. The highest BCUT2D eigenvalue weighted by molar-refractivity contribution is 7.12. The first-order chi connectivity index (χ1) is 17.0. The number of nitrogens with one attached hydrogen (secondary N) is 1. The van der Waals surface area contributed by atoms with Gasteiger partial charge in [-0.25, -0.2) is 4.79 Å². The lowest BCUT2D eigenvalue weighted by Crippen LogP contribution is -2.21. The molecule has 0 fully saturated rings. The van der Waals surface area contributed by atoms with E-state index < -0.39 is 16.8 Å². The number of allylic oxidation sites excluding steroid dienone is 1. The number of ether oxygens (including phenoxy) is 2. The molecule has 172 valence electrons. The minimum absolute atomic E-state index is 0.0877. The van der Waals surface area contributed by atoms with Crippen LogP contribution in [0.2, 0.25) is 0 Å². The normalized spacial score (nSPS) is 14.5. The third-order valence-electron chi connectivity index (χ3n) is 5.43. The molecule has 2 aromatic heterocycles. The van der Waals surface area contributed by atoms with Crippen molar-refractivity contribution in [1.29, 1.82) is 5.26 Å². The molecule has 3 N–H and O–H groups in total. The van der Waals surface area contributed by atoms with Crippen molar-refractivity contribution in [1.82, 2.24) is 10.2 Å². The van der Waals surface area contributed by atoms with Crippen LogP contribution < -0.4 is 15.2 Å². The van der Waals surface area contributed by atoms with Gasteiger partial charge in [0.25, 0.3) is 5.69 Å². The summed E-state index contributed by atoms with van der Waals surface area (Å²) >= 11 is 1.28. The molecule has 0 amide bonds. The smallest absolute Gasteiger partial charge is 0.353 e. The van der Waals surface area contributed by atoms with Gasteiger partial charge in [0.05, 0.1) is 22.1 Å². The molecule has 1 aliphatic rings. The number of thiophene rings is 1. The fourth-order valence-corrected chi connectivity index (χ4v) is 4.45. The molecule has 2 aromatic carbocycles. The van der Waals surface area contributed by atoms with E-state index in [9.17, 15) is 20.2 Å². The number of benzene rings is 2. The first-order valence-electron chi connectivity index (χ1n) is 10.2. The van der Waals surface area contributed by atoms with Gasteiger partial charge in [-0.3, -0.25) is 15.2 Å². The van der Waals surface area contributed by atoms with E-state index in [1.54, 1.807) is 53.9 Å². The Morgan fingerprint density at radius 1 is 1.23 bits per heavy atom. The van der Waals surface area contributed by atoms with Crippen molar-refractivity contribution in [2.45, 2.75) is 5.92 Å². The first-order valence-corrected chi connectivity index (χ1v) is 11.1. The van der Waals surface area contributed by atoms with Gasteiger partial charge in [0.1, 0.15) is 22.3 Å². The van der Waals surface area contributed by atoms with Crippen molar-refractivity contribution in [3.63, 3.8) is 0 Å². The summed E-state index contributed by atoms with van der Waals surface area (Å²) in [6.45, 7) is 0. The maximum Gasteiger partial charge on any atom is 0.353 e. The van der Waals surface area contributed by atoms with E-state index in [-0.39, 0.29) is 23.0 Å². The van der Waals surface area contributed by atoms with Crippen LogP contribution in [0.4, 0.5) is 5.69 Å². The van der Waals surface area contributed by atoms with Crippen LogP contribution in [0, 0.1) is 21.4 Å². The van der Waals surface area contributed by atoms with Gasteiger partial charge in [0.15, 0.2) is 0 Å². The summed E-state index contributed by atoms with van der Waals surface area (Å²) in [7, 11) is 0. The number of carbonyl (C=O) groups is 1. The highest BCUT2D eigenvalue weighted by atomic mass is 32.1. The Hall–Kier alpha value is -4.95. The van der Waals surface area contributed by atoms with E-state index in [1.807, 2.05) is 0 Å². The number of nitro benzene ring substituents is 1. The molecule has 1 aliphatic heterocycles. The van der Waals surface area contributed by atoms with E-state index >= 15 is 0 Å². The van der Waals surface area contributed by atoms with Crippen molar-refractivity contribution in [3.8, 4) is 29.0 Å². The average Bonchev–Trinajstić information content (AvgIpc) is 3.54. The molecule has 35 heavy (non-hydrogen) atoms. The Morgan fingerprint density at radius 2 is 2.03 bits per heavy atom. The largest absolute Gasteiger partial charge is 0.422 e. The van der Waals surface area contributed by atoms with Gasteiger partial charge in [-0.15, -0.1) is 16.4 Å². The molecule has 10 nitrogen and oxygen atoms in total. The van der Waals surface area contributed by atoms with Crippen molar-refractivity contribution in [2.75, 3.05) is 0 Å². The summed E-state index contributed by atoms with van der Waals surface area (Å²) in [6, 6.07) is 18.2. The summed E-state index contributed by atoms with van der Waals surface area (Å²) < 4.78 is 11.0. The Labute approximate surface area is 202 Å². The number of hydrogen-bond donors (Lipinski definition) is 2. The fourth-order valence-electron chi connectivity index (χ4n) is 3.85. The number of H-pyrrole nitrogens is 1. The lowest BCUT2D eigenvalue weighted by atomic mass is 9.83. The standard InChI is InChI=1S/C24H15N5O5S/c25-12-17-19(13-6-8-16(9-7-13)33-24(30)18-5-2-10-35-18)20-21(27-28-23(20)34-22(17)26)14-3-1-4-15(11-14)29(31)32/h1-11,19H,26H2,(H,27,28). The number of hydrogen-bond acceptors (Lipinski definition) is 9. The summed E-state index contributed by atoms with van der Waals surface area (Å²) in [4.78, 5) is 23.5. The number of esters is 1. The molecule has 0 radical (unpaired) electrons. The zero-order valence-electron chi connectivity index (χ0n) is 17.8. The number of rotatable bonds is 5. The third kappa shape index (κ3) is 3.98. The van der Waals surface area contributed by atoms with Crippen molar-refractivity contribution in [3.05, 3.63) is 104 Å². The number of non-ortho nitro benzene ring substituents is 1. The molecule has 3 heterocycles. The van der Waals surface area contributed by atoms with E-state index in [2.05, 4.69) is 16.3 Å². The predicted octanol–water partition coefficient (Wildman–Crippen LogP) is 4.48. The van der Waals surface area contributed by atoms with Crippen LogP contribution in [0.5, 0.6) is 11.6 Å². The number of fused-ring (bicyclic) bond motifs is 1. The highest BCUT2D eigenvalue weighted by Gasteiger charge is 2.35. The van der Waals surface area contributed by atoms with E-state index in [1.165, 1.54) is 23.5 Å². The lowest BCUT2D eigenvalue weighted by Gasteiger charge is -2.24. The Morgan fingerprint density at radius 3 is 2.71 bits per heavy atom. The fraction of sp³-hybridized carbons (Fsp3) is 0.0417. The van der Waals surface area contributed by atoms with Gasteiger partial charge >= 0.3 is 5.97 Å². The number of carbonyl (C=O) groups excluding carboxylic acids is 1. The molecule has 1 atom stereocenters. The molecule has 4 aromatic rings. The van der Waals surface area contributed by atoms with Crippen molar-refractivity contribution < 1.29 is 19.2 Å². The zero-order chi connectivity index (χ0) is 24.5. The van der Waals surface area contributed by atoms with E-state index in [0.29, 0.717) is 33.0 Å². The summed E-state index contributed by atoms with van der Waals surface area (Å²) in [5, 5.41) is 30.0. The molecule has 0 bridgehead atoms. The monoisotopic (exact) mass is 485 g/mol. The van der Waals surface area contributed by atoms with Gasteiger partial charge in [-0.2, -0.15) is 5.26 Å². The second kappa shape index (κ2) is 8.77. The van der Waals surface area contributed by atoms with Gasteiger partial charge in [0, 0.05) is 17.7 Å². The van der Waals surface area contributed by atoms with Gasteiger partial charge < -0.3 is 15.2 Å². The van der Waals surface area contributed by atoms with E-state index in [4.69, 9.17) is 15.2 Å². The highest BCUT2D eigenvalue weighted by Crippen LogP contribution is 2.46. The maximum atomic E-state index is 12.3. The maximum absolute atomic E-state index is 12.3. The lowest BCUT2D eigenvalue weighted by molar-refractivity contribution is -0.384. The Bertz CT molecular complexity index is 1520. The number of nitrogens with zero attached hydrogens (tertiary/aromatic N) is 3. The minimum atomic E-state index is -0.668. The number of aromatic amines is 1. The van der Waals surface area contributed by atoms with Crippen LogP contribution in [-0.4, -0.2) is 21.1 Å². The number of nitro groups is 1. The summed E-state index contributed by atoms with van der Waals surface area (Å²) in [6.07, 6.45) is 0. The third-order valence-corrected chi connectivity index (χ3v) is 6.28. The molecular formula is C24H15N5O5S. The van der Waals surface area contributed by atoms with Gasteiger partial charge in [-0.05, 0) is 29.1 Å². The van der Waals surface area contributed by atoms with E-state index in [0.717, 1.165) is 0 Å². The van der Waals surface area contributed by atoms with Crippen LogP contribution in [0.1, 0.15) is 26.7 Å². The van der Waals surface area contributed by atoms with Crippen LogP contribution in [0.15, 0.2) is 77.5 Å². The molecule has 0 aliphatic carbocycles. The predicted molar refractivity (Wildman–Crippen MR) is 126 cm³/mol. The van der Waals surface area contributed by atoms with Crippen LogP contribution in [-0.2, 0) is 0 Å². The SMILES string of the molecule is N#CC1=C(N)Oc2n[nH]c(-c3cccc([N+](=O)[O-])c3)c2C1c1ccc(OC(=O)c2cccs2)cc1.